The first-order chi connectivity index (χ1) is 15.2. The van der Waals surface area contributed by atoms with Gasteiger partial charge in [-0.2, -0.15) is 23.2 Å². The molecule has 2 aromatic heterocycles. The second-order valence-corrected chi connectivity index (χ2v) is 6.77. The Morgan fingerprint density at radius 1 is 1.16 bits per heavy atom. The second-order valence-electron chi connectivity index (χ2n) is 6.77. The average Bonchev–Trinajstić information content (AvgIpc) is 3.27. The van der Waals surface area contributed by atoms with Gasteiger partial charge in [-0.25, -0.2) is 9.78 Å². The number of benzene rings is 1. The smallest absolute Gasteiger partial charge is 0.443 e. The minimum atomic E-state index is -4.71. The largest absolute Gasteiger partial charge is 0.471 e. The number of nitrogens with zero attached hydrogens (tertiary/aromatic N) is 5. The summed E-state index contributed by atoms with van der Waals surface area (Å²) in [5, 5.41) is 4.35. The highest BCUT2D eigenvalue weighted by molar-refractivity contribution is 5.66. The first-order valence-electron chi connectivity index (χ1n) is 9.29. The molecule has 0 saturated heterocycles. The predicted molar refractivity (Wildman–Crippen MR) is 106 cm³/mol. The predicted octanol–water partition coefficient (Wildman–Crippen LogP) is 3.92. The Morgan fingerprint density at radius 2 is 1.88 bits per heavy atom. The van der Waals surface area contributed by atoms with Gasteiger partial charge in [-0.15, -0.1) is 0 Å². The van der Waals surface area contributed by atoms with Crippen LogP contribution >= 0.6 is 0 Å². The first kappa shape index (κ1) is 23.0. The summed E-state index contributed by atoms with van der Waals surface area (Å²) in [4.78, 5) is 26.9. The molecule has 0 saturated carbocycles. The van der Waals surface area contributed by atoms with Crippen LogP contribution in [0.3, 0.4) is 0 Å². The van der Waals surface area contributed by atoms with Crippen molar-refractivity contribution in [2.24, 2.45) is 0 Å². The minimum Gasteiger partial charge on any atom is -0.443 e. The molecule has 12 heteroatoms. The Balaban J connectivity index is 1.63. The molecule has 170 valence electrons. The lowest BCUT2D eigenvalue weighted by Crippen LogP contribution is -2.30. The SMILES string of the molecule is CON(Cc1ccc(-c2noc(C(F)(F)F)n2)cc1)C(=O)OCc1cccnc1N(C)C. The van der Waals surface area contributed by atoms with Crippen molar-refractivity contribution >= 4 is 11.9 Å². The highest BCUT2D eigenvalue weighted by Crippen LogP contribution is 2.29. The summed E-state index contributed by atoms with van der Waals surface area (Å²) < 4.78 is 47.4. The van der Waals surface area contributed by atoms with Gasteiger partial charge in [0, 0.05) is 31.4 Å². The third-order valence-corrected chi connectivity index (χ3v) is 4.27. The zero-order valence-electron chi connectivity index (χ0n) is 17.5. The first-order valence-corrected chi connectivity index (χ1v) is 9.29. The fourth-order valence-corrected chi connectivity index (χ4v) is 2.74. The normalized spacial score (nSPS) is 11.3. The third-order valence-electron chi connectivity index (χ3n) is 4.27. The fourth-order valence-electron chi connectivity index (χ4n) is 2.74. The molecule has 9 nitrogen and oxygen atoms in total. The molecule has 1 amide bonds. The number of aromatic nitrogens is 3. The molecule has 0 aliphatic carbocycles. The number of halogens is 3. The van der Waals surface area contributed by atoms with E-state index in [2.05, 4.69) is 19.6 Å². The molecule has 3 aromatic rings. The maximum Gasteiger partial charge on any atom is 0.471 e. The quantitative estimate of drug-likeness (QED) is 0.499. The molecule has 0 fully saturated rings. The van der Waals surface area contributed by atoms with Crippen LogP contribution in [0.5, 0.6) is 0 Å². The third kappa shape index (κ3) is 5.52. The number of hydrogen-bond acceptors (Lipinski definition) is 8. The minimum absolute atomic E-state index is 0.00164. The number of carbonyl (C=O) groups is 1. The van der Waals surface area contributed by atoms with Crippen LogP contribution in [0.25, 0.3) is 11.4 Å². The number of alkyl halides is 3. The molecule has 0 aliphatic rings. The number of carbonyl (C=O) groups excluding carboxylic acids is 1. The Kier molecular flexibility index (Phi) is 6.93. The Bertz CT molecular complexity index is 1050. The van der Waals surface area contributed by atoms with Crippen molar-refractivity contribution in [1.82, 2.24) is 20.2 Å². The van der Waals surface area contributed by atoms with Crippen LogP contribution in [-0.4, -0.2) is 47.5 Å². The molecule has 0 atom stereocenters. The molecule has 32 heavy (non-hydrogen) atoms. The Hall–Kier alpha value is -3.67. The van der Waals surface area contributed by atoms with E-state index < -0.39 is 18.2 Å². The highest BCUT2D eigenvalue weighted by Gasteiger charge is 2.38. The number of pyridine rings is 1. The molecule has 0 radical (unpaired) electrons. The fraction of sp³-hybridized carbons (Fsp3) is 0.300. The van der Waals surface area contributed by atoms with Crippen molar-refractivity contribution in [2.75, 3.05) is 26.1 Å². The van der Waals surface area contributed by atoms with Gasteiger partial charge < -0.3 is 14.2 Å². The molecular weight excluding hydrogens is 431 g/mol. The maximum absolute atomic E-state index is 12.6. The Labute approximate surface area is 181 Å². The Morgan fingerprint density at radius 3 is 2.47 bits per heavy atom. The lowest BCUT2D eigenvalue weighted by Gasteiger charge is -2.20. The summed E-state index contributed by atoms with van der Waals surface area (Å²) in [7, 11) is 4.98. The summed E-state index contributed by atoms with van der Waals surface area (Å²) in [6.45, 7) is 0.0432. The van der Waals surface area contributed by atoms with Crippen molar-refractivity contribution in [3.8, 4) is 11.4 Å². The molecule has 0 unspecified atom stereocenters. The van der Waals surface area contributed by atoms with E-state index in [4.69, 9.17) is 9.57 Å². The van der Waals surface area contributed by atoms with Gasteiger partial charge in [0.2, 0.25) is 5.82 Å². The van der Waals surface area contributed by atoms with Gasteiger partial charge in [0.05, 0.1) is 13.7 Å². The molecule has 0 aliphatic heterocycles. The van der Waals surface area contributed by atoms with E-state index in [1.54, 1.807) is 35.4 Å². The topological polar surface area (TPSA) is 93.8 Å². The zero-order chi connectivity index (χ0) is 23.3. The number of rotatable bonds is 7. The van der Waals surface area contributed by atoms with E-state index in [0.29, 0.717) is 16.9 Å². The molecule has 2 heterocycles. The molecule has 0 bridgehead atoms. The maximum atomic E-state index is 12.6. The number of hydroxylamine groups is 2. The molecule has 3 rings (SSSR count). The van der Waals surface area contributed by atoms with Gasteiger partial charge in [-0.3, -0.25) is 4.84 Å². The highest BCUT2D eigenvalue weighted by atomic mass is 19.4. The summed E-state index contributed by atoms with van der Waals surface area (Å²) >= 11 is 0. The summed E-state index contributed by atoms with van der Waals surface area (Å²) in [6.07, 6.45) is -3.78. The summed E-state index contributed by atoms with van der Waals surface area (Å²) in [5.41, 5.74) is 1.69. The summed E-state index contributed by atoms with van der Waals surface area (Å²) in [5.74, 6) is -0.939. The standard InChI is InChI=1S/C20H20F3N5O4/c1-27(2)17-15(5-4-10-24-17)12-31-19(29)28(30-3)11-13-6-8-14(9-7-13)16-25-18(32-26-16)20(21,22)23/h4-10H,11-12H2,1-3H3. The molecule has 1 aromatic carbocycles. The lowest BCUT2D eigenvalue weighted by atomic mass is 10.1. The van der Waals surface area contributed by atoms with E-state index in [0.717, 1.165) is 10.6 Å². The van der Waals surface area contributed by atoms with Gasteiger partial charge in [0.25, 0.3) is 0 Å². The van der Waals surface area contributed by atoms with Crippen molar-refractivity contribution in [1.29, 1.82) is 0 Å². The van der Waals surface area contributed by atoms with Crippen molar-refractivity contribution in [3.05, 3.63) is 59.6 Å². The van der Waals surface area contributed by atoms with Crippen molar-refractivity contribution in [3.63, 3.8) is 0 Å². The molecule has 0 spiro atoms. The van der Waals surface area contributed by atoms with Crippen LogP contribution in [0.2, 0.25) is 0 Å². The van der Waals surface area contributed by atoms with Gasteiger partial charge in [-0.05, 0) is 11.6 Å². The van der Waals surface area contributed by atoms with Gasteiger partial charge in [-0.1, -0.05) is 35.5 Å². The number of amides is 1. The van der Waals surface area contributed by atoms with E-state index in [1.807, 2.05) is 14.1 Å². The van der Waals surface area contributed by atoms with Crippen molar-refractivity contribution < 1.29 is 32.1 Å². The van der Waals surface area contributed by atoms with E-state index >= 15 is 0 Å². The van der Waals surface area contributed by atoms with Crippen molar-refractivity contribution in [2.45, 2.75) is 19.3 Å². The van der Waals surface area contributed by atoms with E-state index in [9.17, 15) is 18.0 Å². The van der Waals surface area contributed by atoms with Crippen LogP contribution in [0, 0.1) is 0 Å². The van der Waals surface area contributed by atoms with Gasteiger partial charge in [0.15, 0.2) is 0 Å². The summed E-state index contributed by atoms with van der Waals surface area (Å²) in [6, 6.07) is 9.77. The zero-order valence-corrected chi connectivity index (χ0v) is 17.5. The van der Waals surface area contributed by atoms with Crippen LogP contribution in [0.15, 0.2) is 47.1 Å². The van der Waals surface area contributed by atoms with Gasteiger partial charge in [0.1, 0.15) is 12.4 Å². The van der Waals surface area contributed by atoms with Crippen LogP contribution < -0.4 is 4.90 Å². The van der Waals surface area contributed by atoms with E-state index in [1.165, 1.54) is 19.2 Å². The van der Waals surface area contributed by atoms with Gasteiger partial charge >= 0.3 is 18.2 Å². The van der Waals surface area contributed by atoms with Crippen LogP contribution in [0.1, 0.15) is 17.0 Å². The lowest BCUT2D eigenvalue weighted by molar-refractivity contribution is -0.159. The molecule has 0 N–H and O–H groups in total. The number of ether oxygens (including phenoxy) is 1. The monoisotopic (exact) mass is 451 g/mol. The number of hydrogen-bond donors (Lipinski definition) is 0. The van der Waals surface area contributed by atoms with Crippen LogP contribution in [0.4, 0.5) is 23.8 Å². The number of anilines is 1. The van der Waals surface area contributed by atoms with Crippen LogP contribution in [-0.2, 0) is 28.9 Å². The average molecular weight is 451 g/mol. The molecular formula is C20H20F3N5O4. The van der Waals surface area contributed by atoms with E-state index in [-0.39, 0.29) is 19.0 Å². The second kappa shape index (κ2) is 9.64.